The van der Waals surface area contributed by atoms with Crippen LogP contribution in [0.2, 0.25) is 0 Å². The Kier molecular flexibility index (Phi) is 6.06. The maximum atomic E-state index is 12.9. The Morgan fingerprint density at radius 1 is 1.15 bits per heavy atom. The third-order valence-electron chi connectivity index (χ3n) is 5.10. The summed E-state index contributed by atoms with van der Waals surface area (Å²) in [5, 5.41) is 0. The molecule has 2 aliphatic rings. The average molecular weight is 371 g/mol. The molecule has 0 saturated heterocycles. The highest BCUT2D eigenvalue weighted by Crippen LogP contribution is 2.43. The van der Waals surface area contributed by atoms with Gasteiger partial charge in [-0.1, -0.05) is 12.1 Å². The fourth-order valence-electron chi connectivity index (χ4n) is 3.80. The molecular formula is C21H25NO5. The van der Waals surface area contributed by atoms with Crippen molar-refractivity contribution in [3.8, 4) is 5.75 Å². The zero-order valence-electron chi connectivity index (χ0n) is 16.0. The summed E-state index contributed by atoms with van der Waals surface area (Å²) in [7, 11) is 3.16. The first kappa shape index (κ1) is 19.3. The number of aliphatic imine (C=N–C) groups is 1. The minimum absolute atomic E-state index is 0.0722. The summed E-state index contributed by atoms with van der Waals surface area (Å²) in [5.41, 5.74) is 3.05. The predicted octanol–water partition coefficient (Wildman–Crippen LogP) is 3.07. The minimum atomic E-state index is -0.615. The normalized spacial score (nSPS) is 22.2. The van der Waals surface area contributed by atoms with Gasteiger partial charge in [-0.05, 0) is 37.5 Å². The molecule has 0 spiro atoms. The molecule has 1 aliphatic carbocycles. The second-order valence-corrected chi connectivity index (χ2v) is 6.78. The number of ether oxygens (including phenoxy) is 3. The van der Waals surface area contributed by atoms with Crippen LogP contribution in [0.4, 0.5) is 0 Å². The average Bonchev–Trinajstić information content (AvgIpc) is 2.67. The highest BCUT2D eigenvalue weighted by atomic mass is 16.6. The lowest BCUT2D eigenvalue weighted by Gasteiger charge is -2.34. The van der Waals surface area contributed by atoms with Crippen molar-refractivity contribution in [2.75, 3.05) is 27.4 Å². The highest BCUT2D eigenvalue weighted by molar-refractivity contribution is 6.08. The number of hydrogen-bond acceptors (Lipinski definition) is 6. The zero-order chi connectivity index (χ0) is 19.4. The molecule has 1 unspecified atom stereocenters. The molecule has 0 radical (unpaired) electrons. The molecule has 0 bridgehead atoms. The molecular weight excluding hydrogens is 346 g/mol. The second-order valence-electron chi connectivity index (χ2n) is 6.78. The number of benzene rings is 1. The van der Waals surface area contributed by atoms with Gasteiger partial charge in [-0.15, -0.1) is 0 Å². The van der Waals surface area contributed by atoms with Gasteiger partial charge in [0.15, 0.2) is 5.78 Å². The Morgan fingerprint density at radius 3 is 2.56 bits per heavy atom. The van der Waals surface area contributed by atoms with Crippen LogP contribution in [0, 0.1) is 5.92 Å². The van der Waals surface area contributed by atoms with Gasteiger partial charge in [-0.25, -0.2) is 0 Å². The van der Waals surface area contributed by atoms with Crippen molar-refractivity contribution >= 4 is 17.5 Å². The lowest BCUT2D eigenvalue weighted by Crippen LogP contribution is -2.37. The number of Topliss-reactive ketones (excluding diaryl/α,β-unsaturated/α-hetero) is 1. The van der Waals surface area contributed by atoms with Gasteiger partial charge in [0, 0.05) is 36.4 Å². The SMILES string of the molecule is COCCOC(=O)C1C(C)=NC2=C(C(=O)CCC2)[C@@H]1c1ccc(OC)cc1. The fourth-order valence-corrected chi connectivity index (χ4v) is 3.80. The summed E-state index contributed by atoms with van der Waals surface area (Å²) in [6.45, 7) is 2.34. The quantitative estimate of drug-likeness (QED) is 0.567. The molecule has 0 fully saturated rings. The maximum absolute atomic E-state index is 12.9. The van der Waals surface area contributed by atoms with Crippen molar-refractivity contribution in [1.29, 1.82) is 0 Å². The van der Waals surface area contributed by atoms with Gasteiger partial charge in [0.2, 0.25) is 0 Å². The van der Waals surface area contributed by atoms with E-state index in [9.17, 15) is 9.59 Å². The number of allylic oxidation sites excluding steroid dienone is 2. The molecule has 0 N–H and O–H groups in total. The van der Waals surface area contributed by atoms with Crippen LogP contribution in [0.25, 0.3) is 0 Å². The lowest BCUT2D eigenvalue weighted by atomic mass is 9.72. The zero-order valence-corrected chi connectivity index (χ0v) is 16.0. The monoisotopic (exact) mass is 371 g/mol. The van der Waals surface area contributed by atoms with Crippen LogP contribution in [0.15, 0.2) is 40.5 Å². The Bertz CT molecular complexity index is 778. The Labute approximate surface area is 159 Å². The molecule has 2 atom stereocenters. The first-order valence-corrected chi connectivity index (χ1v) is 9.17. The van der Waals surface area contributed by atoms with Crippen molar-refractivity contribution in [1.82, 2.24) is 0 Å². The standard InChI is InChI=1S/C21H25NO5/c1-13-18(21(24)27-12-11-25-2)19(14-7-9-15(26-3)10-8-14)20-16(22-13)5-4-6-17(20)23/h7-10,18-19H,4-6,11-12H2,1-3H3/t18?,19-/m1/s1. The first-order chi connectivity index (χ1) is 13.1. The smallest absolute Gasteiger partial charge is 0.315 e. The first-order valence-electron chi connectivity index (χ1n) is 9.17. The van der Waals surface area contributed by atoms with Gasteiger partial charge in [-0.2, -0.15) is 0 Å². The summed E-state index contributed by atoms with van der Waals surface area (Å²) in [6, 6.07) is 7.50. The number of ketones is 1. The van der Waals surface area contributed by atoms with Crippen molar-refractivity contribution in [2.45, 2.75) is 32.1 Å². The van der Waals surface area contributed by atoms with Crippen molar-refractivity contribution in [2.24, 2.45) is 10.9 Å². The van der Waals surface area contributed by atoms with Crippen LogP contribution in [-0.2, 0) is 19.1 Å². The molecule has 0 saturated carbocycles. The molecule has 3 rings (SSSR count). The van der Waals surface area contributed by atoms with Gasteiger partial charge in [0.1, 0.15) is 18.3 Å². The molecule has 1 heterocycles. The van der Waals surface area contributed by atoms with E-state index in [4.69, 9.17) is 14.2 Å². The van der Waals surface area contributed by atoms with Gasteiger partial charge in [-0.3, -0.25) is 14.6 Å². The van der Waals surface area contributed by atoms with Gasteiger partial charge >= 0.3 is 5.97 Å². The Morgan fingerprint density at radius 2 is 1.89 bits per heavy atom. The summed E-state index contributed by atoms with van der Waals surface area (Å²) < 4.78 is 15.6. The molecule has 0 amide bonds. The predicted molar refractivity (Wildman–Crippen MR) is 101 cm³/mol. The highest BCUT2D eigenvalue weighted by Gasteiger charge is 2.43. The molecule has 0 aromatic heterocycles. The lowest BCUT2D eigenvalue weighted by molar-refractivity contribution is -0.147. The van der Waals surface area contributed by atoms with E-state index in [1.807, 2.05) is 31.2 Å². The third-order valence-corrected chi connectivity index (χ3v) is 5.10. The van der Waals surface area contributed by atoms with E-state index in [-0.39, 0.29) is 24.3 Å². The molecule has 27 heavy (non-hydrogen) atoms. The van der Waals surface area contributed by atoms with E-state index in [1.54, 1.807) is 14.2 Å². The number of carbonyl (C=O) groups excluding carboxylic acids is 2. The summed E-state index contributed by atoms with van der Waals surface area (Å²) in [4.78, 5) is 30.2. The molecule has 1 aromatic rings. The molecule has 1 aromatic carbocycles. The van der Waals surface area contributed by atoms with E-state index in [0.29, 0.717) is 24.3 Å². The van der Waals surface area contributed by atoms with Gasteiger partial charge in [0.05, 0.1) is 13.7 Å². The van der Waals surface area contributed by atoms with Crippen molar-refractivity contribution in [3.05, 3.63) is 41.1 Å². The Balaban J connectivity index is 2.02. The number of nitrogens with zero attached hydrogens (tertiary/aromatic N) is 1. The van der Waals surface area contributed by atoms with E-state index in [0.717, 1.165) is 29.9 Å². The second kappa shape index (κ2) is 8.48. The topological polar surface area (TPSA) is 74.2 Å². The van der Waals surface area contributed by atoms with E-state index in [2.05, 4.69) is 4.99 Å². The summed E-state index contributed by atoms with van der Waals surface area (Å²) in [6.07, 6.45) is 2.05. The largest absolute Gasteiger partial charge is 0.497 e. The maximum Gasteiger partial charge on any atom is 0.315 e. The fraction of sp³-hybridized carbons (Fsp3) is 0.476. The van der Waals surface area contributed by atoms with Crippen LogP contribution in [0.5, 0.6) is 5.75 Å². The molecule has 144 valence electrons. The number of carbonyl (C=O) groups is 2. The van der Waals surface area contributed by atoms with Crippen LogP contribution in [0.3, 0.4) is 0 Å². The number of methoxy groups -OCH3 is 2. The van der Waals surface area contributed by atoms with Gasteiger partial charge < -0.3 is 14.2 Å². The number of esters is 1. The summed E-state index contributed by atoms with van der Waals surface area (Å²) in [5.74, 6) is -0.576. The van der Waals surface area contributed by atoms with Crippen molar-refractivity contribution in [3.63, 3.8) is 0 Å². The van der Waals surface area contributed by atoms with Crippen LogP contribution < -0.4 is 4.74 Å². The number of hydrogen-bond donors (Lipinski definition) is 0. The Hall–Kier alpha value is -2.47. The third kappa shape index (κ3) is 3.95. The minimum Gasteiger partial charge on any atom is -0.497 e. The van der Waals surface area contributed by atoms with Crippen LogP contribution in [-0.4, -0.2) is 44.9 Å². The van der Waals surface area contributed by atoms with Crippen LogP contribution >= 0.6 is 0 Å². The van der Waals surface area contributed by atoms with E-state index in [1.165, 1.54) is 0 Å². The molecule has 6 heteroatoms. The summed E-state index contributed by atoms with van der Waals surface area (Å²) >= 11 is 0. The van der Waals surface area contributed by atoms with E-state index < -0.39 is 5.92 Å². The van der Waals surface area contributed by atoms with E-state index >= 15 is 0 Å². The molecule has 1 aliphatic heterocycles. The van der Waals surface area contributed by atoms with Crippen molar-refractivity contribution < 1.29 is 23.8 Å². The van der Waals surface area contributed by atoms with Crippen LogP contribution in [0.1, 0.15) is 37.7 Å². The van der Waals surface area contributed by atoms with Gasteiger partial charge in [0.25, 0.3) is 0 Å². The number of rotatable bonds is 6. The molecule has 6 nitrogen and oxygen atoms in total.